The molecule has 1 aromatic heterocycles. The highest BCUT2D eigenvalue weighted by molar-refractivity contribution is 6.00. The molecule has 0 saturated carbocycles. The van der Waals surface area contributed by atoms with Crippen LogP contribution in [0.25, 0.3) is 0 Å². The molecule has 3 aliphatic heterocycles. The summed E-state index contributed by atoms with van der Waals surface area (Å²) in [7, 11) is 0. The van der Waals surface area contributed by atoms with Crippen molar-refractivity contribution in [1.29, 1.82) is 0 Å². The number of aliphatic imine (C=N–C) groups is 3. The lowest BCUT2D eigenvalue weighted by Gasteiger charge is -2.13. The molecule has 0 fully saturated rings. The molecule has 0 bridgehead atoms. The van der Waals surface area contributed by atoms with Gasteiger partial charge < -0.3 is 14.2 Å². The van der Waals surface area contributed by atoms with Crippen molar-refractivity contribution in [3.05, 3.63) is 31.5 Å². The third-order valence-corrected chi connectivity index (χ3v) is 6.38. The molecule has 1 aromatic rings. The highest BCUT2D eigenvalue weighted by Crippen LogP contribution is 2.22. The van der Waals surface area contributed by atoms with Gasteiger partial charge in [-0.05, 0) is 41.5 Å². The number of hydrogen-bond donors (Lipinski definition) is 0. The van der Waals surface area contributed by atoms with Crippen LogP contribution in [-0.2, 0) is 48.2 Å². The Labute approximate surface area is 221 Å². The molecule has 0 spiro atoms. The second-order valence-electron chi connectivity index (χ2n) is 10.9. The number of ether oxygens (including phenoxy) is 3. The van der Waals surface area contributed by atoms with Crippen LogP contribution in [0.5, 0.6) is 0 Å². The number of hydrogen-bond acceptors (Lipinski definition) is 12. The quantitative estimate of drug-likeness (QED) is 0.292. The Morgan fingerprint density at radius 2 is 0.718 bits per heavy atom. The maximum absolute atomic E-state index is 13.3. The number of nitrogens with zero attached hydrogens (tertiary/aromatic N) is 6. The molecule has 0 unspecified atom stereocenters. The summed E-state index contributed by atoms with van der Waals surface area (Å²) in [5, 5.41) is 0. The summed E-state index contributed by atoms with van der Waals surface area (Å²) < 4.78 is 17.9. The van der Waals surface area contributed by atoms with Gasteiger partial charge in [0.25, 0.3) is 0 Å². The van der Waals surface area contributed by atoms with Gasteiger partial charge in [0, 0.05) is 38.9 Å². The van der Waals surface area contributed by atoms with E-state index in [9.17, 15) is 28.8 Å². The van der Waals surface area contributed by atoms with Gasteiger partial charge in [-0.15, -0.1) is 0 Å². The van der Waals surface area contributed by atoms with Crippen molar-refractivity contribution in [2.45, 2.75) is 97.1 Å². The van der Waals surface area contributed by atoms with E-state index in [4.69, 9.17) is 14.2 Å². The molecule has 4 rings (SSSR count). The molecular formula is C24H30N6O9. The van der Waals surface area contributed by atoms with E-state index in [0.717, 1.165) is 13.7 Å². The van der Waals surface area contributed by atoms with Crippen LogP contribution in [0.3, 0.4) is 0 Å². The number of cyclic esters (lactones) is 3. The standard InChI is InChI=1S/C24H30N6O9/c1-22(2)16(31)37-13(25-22)7-10-28-19(34)29(11-8-14-26-23(3,4)17(32)38-14)21(36)30(20(28)35)12-9-15-27-24(5,6)18(33)39-15/h7-12H2,1-6H3. The van der Waals surface area contributed by atoms with Crippen molar-refractivity contribution in [3.8, 4) is 0 Å². The van der Waals surface area contributed by atoms with E-state index >= 15 is 0 Å². The first kappa shape index (κ1) is 27.9. The number of esters is 3. The average molecular weight is 547 g/mol. The first-order valence-electron chi connectivity index (χ1n) is 12.4. The second kappa shape index (κ2) is 9.54. The second-order valence-corrected chi connectivity index (χ2v) is 10.9. The lowest BCUT2D eigenvalue weighted by Crippen LogP contribution is -2.55. The Balaban J connectivity index is 1.65. The SMILES string of the molecule is CC1(C)N=C(CCn2c(=O)n(CCC3=NC(C)(C)C(=O)O3)c(=O)n(CCC3=NC(C)(C)C(=O)O3)c2=O)OC1=O. The van der Waals surface area contributed by atoms with E-state index in [1.807, 2.05) is 0 Å². The van der Waals surface area contributed by atoms with E-state index in [0.29, 0.717) is 0 Å². The van der Waals surface area contributed by atoms with E-state index in [1.54, 1.807) is 41.5 Å². The third kappa shape index (κ3) is 5.38. The predicted octanol–water partition coefficient (Wildman–Crippen LogP) is -0.456. The summed E-state index contributed by atoms with van der Waals surface area (Å²) in [6, 6.07) is 0. The van der Waals surface area contributed by atoms with E-state index in [-0.39, 0.29) is 56.6 Å². The summed E-state index contributed by atoms with van der Waals surface area (Å²) in [6.45, 7) is 8.73. The molecule has 3 aliphatic rings. The van der Waals surface area contributed by atoms with Gasteiger partial charge in [-0.2, -0.15) is 0 Å². The monoisotopic (exact) mass is 546 g/mol. The molecular weight excluding hydrogens is 516 g/mol. The average Bonchev–Trinajstić information content (AvgIpc) is 3.35. The molecule has 0 saturated heterocycles. The molecule has 0 aliphatic carbocycles. The van der Waals surface area contributed by atoms with Gasteiger partial charge in [-0.25, -0.2) is 57.4 Å². The lowest BCUT2D eigenvalue weighted by molar-refractivity contribution is -0.138. The van der Waals surface area contributed by atoms with Crippen molar-refractivity contribution in [1.82, 2.24) is 13.7 Å². The third-order valence-electron chi connectivity index (χ3n) is 6.38. The Kier molecular flexibility index (Phi) is 6.81. The van der Waals surface area contributed by atoms with Crippen LogP contribution in [0.1, 0.15) is 60.8 Å². The van der Waals surface area contributed by atoms with Gasteiger partial charge in [0.05, 0.1) is 0 Å². The minimum Gasteiger partial charge on any atom is -0.410 e. The Morgan fingerprint density at radius 1 is 0.487 bits per heavy atom. The number of aromatic nitrogens is 3. The topological polar surface area (TPSA) is 182 Å². The molecule has 15 heteroatoms. The Hall–Kier alpha value is -4.17. The van der Waals surface area contributed by atoms with Crippen molar-refractivity contribution in [3.63, 3.8) is 0 Å². The number of carbonyl (C=O) groups excluding carboxylic acids is 3. The zero-order valence-corrected chi connectivity index (χ0v) is 22.6. The summed E-state index contributed by atoms with van der Waals surface area (Å²) >= 11 is 0. The van der Waals surface area contributed by atoms with Crippen LogP contribution in [0.15, 0.2) is 29.4 Å². The van der Waals surface area contributed by atoms with Crippen molar-refractivity contribution in [2.24, 2.45) is 15.0 Å². The van der Waals surface area contributed by atoms with Crippen LogP contribution in [-0.4, -0.2) is 65.9 Å². The normalized spacial score (nSPS) is 20.8. The van der Waals surface area contributed by atoms with Crippen molar-refractivity contribution >= 4 is 35.6 Å². The van der Waals surface area contributed by atoms with E-state index < -0.39 is 51.6 Å². The van der Waals surface area contributed by atoms with Crippen LogP contribution >= 0.6 is 0 Å². The fraction of sp³-hybridized carbons (Fsp3) is 0.625. The molecule has 0 N–H and O–H groups in total. The van der Waals surface area contributed by atoms with Gasteiger partial charge in [-0.3, -0.25) is 0 Å². The van der Waals surface area contributed by atoms with Gasteiger partial charge >= 0.3 is 35.0 Å². The van der Waals surface area contributed by atoms with Gasteiger partial charge in [-0.1, -0.05) is 0 Å². The molecule has 0 radical (unpaired) electrons. The maximum Gasteiger partial charge on any atom is 0.340 e. The zero-order chi connectivity index (χ0) is 28.9. The van der Waals surface area contributed by atoms with Crippen molar-refractivity contribution in [2.75, 3.05) is 0 Å². The Bertz CT molecular complexity index is 1320. The first-order valence-corrected chi connectivity index (χ1v) is 12.4. The zero-order valence-electron chi connectivity index (χ0n) is 22.6. The van der Waals surface area contributed by atoms with Crippen molar-refractivity contribution < 1.29 is 28.6 Å². The predicted molar refractivity (Wildman–Crippen MR) is 136 cm³/mol. The molecule has 0 amide bonds. The fourth-order valence-electron chi connectivity index (χ4n) is 4.04. The fourth-order valence-corrected chi connectivity index (χ4v) is 4.04. The van der Waals surface area contributed by atoms with Gasteiger partial charge in [0.1, 0.15) is 0 Å². The van der Waals surface area contributed by atoms with E-state index in [1.165, 1.54) is 0 Å². The summed E-state index contributed by atoms with van der Waals surface area (Å²) in [4.78, 5) is 88.2. The minimum absolute atomic E-state index is 0.0560. The minimum atomic E-state index is -1.08. The molecule has 15 nitrogen and oxygen atoms in total. The van der Waals surface area contributed by atoms with E-state index in [2.05, 4.69) is 15.0 Å². The highest BCUT2D eigenvalue weighted by Gasteiger charge is 2.38. The largest absolute Gasteiger partial charge is 0.410 e. The maximum atomic E-state index is 13.3. The summed E-state index contributed by atoms with van der Waals surface area (Å²) in [5.74, 6) is -1.50. The molecule has 0 aromatic carbocycles. The molecule has 39 heavy (non-hydrogen) atoms. The molecule has 4 heterocycles. The van der Waals surface area contributed by atoms with Crippen LogP contribution in [0.4, 0.5) is 0 Å². The number of carbonyl (C=O) groups is 3. The Morgan fingerprint density at radius 3 is 0.897 bits per heavy atom. The van der Waals surface area contributed by atoms with Crippen LogP contribution in [0.2, 0.25) is 0 Å². The molecule has 0 atom stereocenters. The van der Waals surface area contributed by atoms with Gasteiger partial charge in [0.2, 0.25) is 0 Å². The van der Waals surface area contributed by atoms with Crippen LogP contribution < -0.4 is 17.1 Å². The molecule has 210 valence electrons. The van der Waals surface area contributed by atoms with Crippen LogP contribution in [0, 0.1) is 0 Å². The summed E-state index contributed by atoms with van der Waals surface area (Å²) in [6.07, 6.45) is -0.168. The highest BCUT2D eigenvalue weighted by atomic mass is 16.6. The lowest BCUT2D eigenvalue weighted by atomic mass is 10.1. The number of rotatable bonds is 9. The first-order chi connectivity index (χ1) is 18.0. The summed E-state index contributed by atoms with van der Waals surface area (Å²) in [5.41, 5.74) is -5.96. The van der Waals surface area contributed by atoms with Gasteiger partial charge in [0.15, 0.2) is 34.3 Å². The smallest absolute Gasteiger partial charge is 0.340 e.